The van der Waals surface area contributed by atoms with Crippen LogP contribution in [0, 0.1) is 17.8 Å². The number of halogens is 4. The summed E-state index contributed by atoms with van der Waals surface area (Å²) in [5, 5.41) is 8.75. The fourth-order valence-electron chi connectivity index (χ4n) is 5.18. The lowest BCUT2D eigenvalue weighted by molar-refractivity contribution is -0.142. The van der Waals surface area contributed by atoms with E-state index in [1.807, 2.05) is 6.92 Å². The van der Waals surface area contributed by atoms with Gasteiger partial charge in [-0.25, -0.2) is 9.50 Å². The number of nitrogens with one attached hydrogen (secondary N) is 1. The first kappa shape index (κ1) is 20.9. The quantitative estimate of drug-likeness (QED) is 0.480. The molecule has 5 nitrogen and oxygen atoms in total. The maximum Gasteiger partial charge on any atom is 0.433 e. The number of fused-ring (bicyclic) bond motifs is 3. The van der Waals surface area contributed by atoms with Crippen LogP contribution < -0.4 is 5.32 Å². The summed E-state index contributed by atoms with van der Waals surface area (Å²) in [5.74, 6) is 1.29. The van der Waals surface area contributed by atoms with E-state index in [-0.39, 0.29) is 27.5 Å². The molecule has 1 amide bonds. The maximum atomic E-state index is 13.8. The molecule has 0 radical (unpaired) electrons. The van der Waals surface area contributed by atoms with Crippen molar-refractivity contribution in [1.82, 2.24) is 19.9 Å². The van der Waals surface area contributed by atoms with Gasteiger partial charge in [0.2, 0.25) is 0 Å². The lowest BCUT2D eigenvalue weighted by Crippen LogP contribution is -2.40. The number of amides is 1. The highest BCUT2D eigenvalue weighted by molar-refractivity contribution is 9.10. The summed E-state index contributed by atoms with van der Waals surface area (Å²) in [4.78, 5) is 17.9. The Hall–Kier alpha value is -1.94. The number of thiophene rings is 1. The Morgan fingerprint density at radius 2 is 2.16 bits per heavy atom. The Bertz CT molecular complexity index is 1140. The minimum Gasteiger partial charge on any atom is -0.348 e. The van der Waals surface area contributed by atoms with Gasteiger partial charge in [-0.2, -0.15) is 18.3 Å². The molecule has 10 heteroatoms. The number of rotatable bonds is 4. The van der Waals surface area contributed by atoms with E-state index in [2.05, 4.69) is 31.3 Å². The molecule has 2 aliphatic rings. The predicted molar refractivity (Wildman–Crippen MR) is 115 cm³/mol. The summed E-state index contributed by atoms with van der Waals surface area (Å²) in [7, 11) is 0. The third kappa shape index (κ3) is 3.67. The van der Waals surface area contributed by atoms with E-state index in [1.165, 1.54) is 30.6 Å². The molecule has 31 heavy (non-hydrogen) atoms. The van der Waals surface area contributed by atoms with Crippen molar-refractivity contribution in [3.8, 4) is 10.6 Å². The van der Waals surface area contributed by atoms with E-state index in [0.29, 0.717) is 21.2 Å². The summed E-state index contributed by atoms with van der Waals surface area (Å²) in [6, 6.07) is 4.37. The molecule has 2 saturated carbocycles. The second-order valence-electron chi connectivity index (χ2n) is 8.50. The average molecular weight is 513 g/mol. The van der Waals surface area contributed by atoms with Gasteiger partial charge in [-0.1, -0.05) is 12.5 Å². The Kier molecular flexibility index (Phi) is 5.12. The van der Waals surface area contributed by atoms with Gasteiger partial charge in [0.15, 0.2) is 17.0 Å². The summed E-state index contributed by atoms with van der Waals surface area (Å²) in [6.07, 6.45) is 0.120. The van der Waals surface area contributed by atoms with Crippen LogP contribution in [0.1, 0.15) is 48.8 Å². The summed E-state index contributed by atoms with van der Waals surface area (Å²) in [6.45, 7) is 1.97. The van der Waals surface area contributed by atoms with Crippen LogP contribution in [-0.4, -0.2) is 26.5 Å². The molecule has 0 unspecified atom stereocenters. The number of alkyl halides is 3. The molecule has 0 saturated heterocycles. The smallest absolute Gasteiger partial charge is 0.348 e. The van der Waals surface area contributed by atoms with Crippen LogP contribution in [0.3, 0.4) is 0 Å². The Morgan fingerprint density at radius 3 is 2.77 bits per heavy atom. The van der Waals surface area contributed by atoms with E-state index in [9.17, 15) is 18.0 Å². The van der Waals surface area contributed by atoms with Crippen molar-refractivity contribution in [2.45, 2.75) is 44.8 Å². The lowest BCUT2D eigenvalue weighted by Gasteiger charge is -2.28. The number of carbonyl (C=O) groups is 1. The molecular weight excluding hydrogens is 493 g/mol. The molecule has 2 aliphatic carbocycles. The zero-order valence-corrected chi connectivity index (χ0v) is 19.0. The van der Waals surface area contributed by atoms with Crippen molar-refractivity contribution in [3.05, 3.63) is 39.4 Å². The molecule has 3 aromatic heterocycles. The minimum atomic E-state index is -4.65. The Balaban J connectivity index is 1.50. The number of hydrogen-bond acceptors (Lipinski definition) is 4. The monoisotopic (exact) mass is 512 g/mol. The summed E-state index contributed by atoms with van der Waals surface area (Å²) < 4.78 is 42.2. The van der Waals surface area contributed by atoms with Gasteiger partial charge >= 0.3 is 6.18 Å². The molecule has 0 aromatic carbocycles. The molecule has 2 bridgehead atoms. The maximum absolute atomic E-state index is 13.8. The van der Waals surface area contributed by atoms with Crippen LogP contribution in [0.5, 0.6) is 0 Å². The first-order valence-electron chi connectivity index (χ1n) is 10.2. The first-order valence-corrected chi connectivity index (χ1v) is 11.9. The van der Waals surface area contributed by atoms with Crippen molar-refractivity contribution in [1.29, 1.82) is 0 Å². The third-order valence-electron chi connectivity index (χ3n) is 6.61. The lowest BCUT2D eigenvalue weighted by atomic mass is 9.84. The van der Waals surface area contributed by atoms with Gasteiger partial charge in [-0.15, -0.1) is 11.3 Å². The van der Waals surface area contributed by atoms with Crippen LogP contribution in [0.25, 0.3) is 16.2 Å². The largest absolute Gasteiger partial charge is 0.433 e. The highest BCUT2D eigenvalue weighted by atomic mass is 79.9. The second-order valence-corrected chi connectivity index (χ2v) is 10.2. The Labute approximate surface area is 189 Å². The van der Waals surface area contributed by atoms with Crippen LogP contribution in [0.15, 0.2) is 28.1 Å². The van der Waals surface area contributed by atoms with E-state index >= 15 is 0 Å². The molecule has 3 aromatic rings. The standard InChI is InChI=1S/C21H20BrF3N4OS/c1-10(13-8-11-4-5-12(13)7-11)26-20(30)18-17(22)19-27-14(15-3-2-6-31-15)9-16(21(23,24)25)29(19)28-18/h2-3,6,9-13H,4-5,7-8H2,1H3,(H,26,30)/t10-,11+,12+,13-/m1/s1. The summed E-state index contributed by atoms with van der Waals surface area (Å²) >= 11 is 4.58. The molecule has 164 valence electrons. The van der Waals surface area contributed by atoms with Crippen molar-refractivity contribution in [3.63, 3.8) is 0 Å². The summed E-state index contributed by atoms with van der Waals surface area (Å²) in [5.41, 5.74) is -0.896. The topological polar surface area (TPSA) is 59.3 Å². The molecule has 0 aliphatic heterocycles. The first-order chi connectivity index (χ1) is 14.7. The van der Waals surface area contributed by atoms with Gasteiger partial charge in [0.1, 0.15) is 0 Å². The van der Waals surface area contributed by atoms with Crippen molar-refractivity contribution >= 4 is 38.8 Å². The van der Waals surface area contributed by atoms with Gasteiger partial charge in [0.05, 0.1) is 15.0 Å². The van der Waals surface area contributed by atoms with Crippen LogP contribution in [0.2, 0.25) is 0 Å². The SMILES string of the molecule is C[C@@H](NC(=O)c1nn2c(C(F)(F)F)cc(-c3cccs3)nc2c1Br)[C@H]1C[C@H]2CC[C@H]1C2. The van der Waals surface area contributed by atoms with E-state index < -0.39 is 17.8 Å². The number of carbonyl (C=O) groups excluding carboxylic acids is 1. The van der Waals surface area contributed by atoms with E-state index in [0.717, 1.165) is 18.4 Å². The number of nitrogens with zero attached hydrogens (tertiary/aromatic N) is 3. The van der Waals surface area contributed by atoms with Gasteiger partial charge in [0, 0.05) is 6.04 Å². The molecule has 3 heterocycles. The number of aromatic nitrogens is 3. The molecule has 1 N–H and O–H groups in total. The van der Waals surface area contributed by atoms with Gasteiger partial charge in [-0.3, -0.25) is 4.79 Å². The highest BCUT2D eigenvalue weighted by Gasteiger charge is 2.42. The zero-order valence-electron chi connectivity index (χ0n) is 16.6. The molecule has 4 atom stereocenters. The van der Waals surface area contributed by atoms with Gasteiger partial charge < -0.3 is 5.32 Å². The average Bonchev–Trinajstić information content (AvgIpc) is 3.51. The second kappa shape index (κ2) is 7.58. The van der Waals surface area contributed by atoms with Crippen molar-refractivity contribution < 1.29 is 18.0 Å². The van der Waals surface area contributed by atoms with Gasteiger partial charge in [0.25, 0.3) is 5.91 Å². The molecular formula is C21H20BrF3N4OS. The third-order valence-corrected chi connectivity index (χ3v) is 8.23. The normalized spacial score (nSPS) is 24.1. The van der Waals surface area contributed by atoms with E-state index in [4.69, 9.17) is 0 Å². The van der Waals surface area contributed by atoms with Gasteiger partial charge in [-0.05, 0) is 77.4 Å². The van der Waals surface area contributed by atoms with Crippen LogP contribution in [-0.2, 0) is 6.18 Å². The molecule has 2 fully saturated rings. The van der Waals surface area contributed by atoms with Crippen LogP contribution >= 0.6 is 27.3 Å². The van der Waals surface area contributed by atoms with E-state index in [1.54, 1.807) is 17.5 Å². The Morgan fingerprint density at radius 1 is 1.35 bits per heavy atom. The zero-order chi connectivity index (χ0) is 21.9. The predicted octanol–water partition coefficient (Wildman–Crippen LogP) is 5.79. The fourth-order valence-corrected chi connectivity index (χ4v) is 6.38. The molecule has 0 spiro atoms. The minimum absolute atomic E-state index is 0.0315. The highest BCUT2D eigenvalue weighted by Crippen LogP contribution is 2.49. The van der Waals surface area contributed by atoms with Crippen LogP contribution in [0.4, 0.5) is 13.2 Å². The fraction of sp³-hybridized carbons (Fsp3) is 0.476. The van der Waals surface area contributed by atoms with Crippen molar-refractivity contribution in [2.24, 2.45) is 17.8 Å². The molecule has 5 rings (SSSR count). The number of hydrogen-bond donors (Lipinski definition) is 1. The van der Waals surface area contributed by atoms with Crippen molar-refractivity contribution in [2.75, 3.05) is 0 Å².